The molecular formula is C25H23N3O2S. The van der Waals surface area contributed by atoms with E-state index in [4.69, 9.17) is 4.74 Å². The molecule has 0 aliphatic carbocycles. The Labute approximate surface area is 185 Å². The number of benzene rings is 3. The molecule has 0 saturated carbocycles. The molecule has 2 atom stereocenters. The van der Waals surface area contributed by atoms with Gasteiger partial charge >= 0.3 is 0 Å². The minimum Gasteiger partial charge on any atom is -0.593 e. The van der Waals surface area contributed by atoms with Crippen molar-refractivity contribution in [3.8, 4) is 5.88 Å². The SMILES string of the molecule is CC1Cn2ncc([S+]([O-])NC(c3ccccc3)(c3ccccc3)c3ccccc3)c2O1. The zero-order chi connectivity index (χ0) is 21.3. The van der Waals surface area contributed by atoms with Crippen molar-refractivity contribution in [1.82, 2.24) is 14.5 Å². The second-order valence-corrected chi connectivity index (χ2v) is 8.82. The maximum Gasteiger partial charge on any atom is 0.271 e. The second-order valence-electron chi connectivity index (χ2n) is 7.64. The van der Waals surface area contributed by atoms with Gasteiger partial charge in [-0.1, -0.05) is 91.0 Å². The monoisotopic (exact) mass is 429 g/mol. The summed E-state index contributed by atoms with van der Waals surface area (Å²) in [7, 11) is 0. The van der Waals surface area contributed by atoms with Crippen LogP contribution in [0.25, 0.3) is 0 Å². The van der Waals surface area contributed by atoms with Crippen LogP contribution in [0.2, 0.25) is 0 Å². The highest BCUT2D eigenvalue weighted by Gasteiger charge is 2.43. The molecule has 2 heterocycles. The number of rotatable bonds is 6. The fraction of sp³-hybridized carbons (Fsp3) is 0.160. The van der Waals surface area contributed by atoms with Gasteiger partial charge in [0.15, 0.2) is 0 Å². The average molecular weight is 430 g/mol. The largest absolute Gasteiger partial charge is 0.593 e. The van der Waals surface area contributed by atoms with Crippen LogP contribution in [0.15, 0.2) is 102 Å². The second kappa shape index (κ2) is 8.23. The van der Waals surface area contributed by atoms with E-state index in [2.05, 4.69) is 46.2 Å². The lowest BCUT2D eigenvalue weighted by atomic mass is 9.78. The topological polar surface area (TPSA) is 62.1 Å². The van der Waals surface area contributed by atoms with Gasteiger partial charge in [0.1, 0.15) is 17.8 Å². The third kappa shape index (κ3) is 3.53. The zero-order valence-electron chi connectivity index (χ0n) is 17.1. The molecule has 0 bridgehead atoms. The third-order valence-corrected chi connectivity index (χ3v) is 6.74. The maximum atomic E-state index is 13.8. The molecule has 1 aromatic heterocycles. The molecule has 3 aromatic carbocycles. The normalized spacial score (nSPS) is 16.5. The third-order valence-electron chi connectivity index (χ3n) is 5.57. The van der Waals surface area contributed by atoms with Crippen LogP contribution in [0.4, 0.5) is 0 Å². The van der Waals surface area contributed by atoms with E-state index in [1.165, 1.54) is 0 Å². The van der Waals surface area contributed by atoms with Crippen molar-refractivity contribution in [2.45, 2.75) is 30.0 Å². The van der Waals surface area contributed by atoms with E-state index in [1.807, 2.05) is 61.5 Å². The molecule has 4 aromatic rings. The Hall–Kier alpha value is -3.06. The van der Waals surface area contributed by atoms with Crippen LogP contribution in [-0.2, 0) is 23.4 Å². The van der Waals surface area contributed by atoms with Crippen molar-refractivity contribution >= 4 is 11.4 Å². The quantitative estimate of drug-likeness (QED) is 0.367. The maximum absolute atomic E-state index is 13.8. The molecule has 0 fully saturated rings. The molecule has 1 aliphatic heterocycles. The number of hydrogen-bond acceptors (Lipinski definition) is 4. The molecule has 156 valence electrons. The Morgan fingerprint density at radius 1 is 0.903 bits per heavy atom. The first-order chi connectivity index (χ1) is 15.2. The van der Waals surface area contributed by atoms with Gasteiger partial charge in [-0.15, -0.1) is 4.72 Å². The highest BCUT2D eigenvalue weighted by Crippen LogP contribution is 2.39. The zero-order valence-corrected chi connectivity index (χ0v) is 18.0. The molecule has 2 unspecified atom stereocenters. The van der Waals surface area contributed by atoms with E-state index < -0.39 is 16.9 Å². The lowest BCUT2D eigenvalue weighted by Crippen LogP contribution is -2.47. The number of nitrogens with zero attached hydrogens (tertiary/aromatic N) is 2. The smallest absolute Gasteiger partial charge is 0.271 e. The standard InChI is InChI=1S/C25H23N3O2S/c1-19-18-28-24(30-19)23(17-26-28)31(29)27-25(20-11-5-2-6-12-20,21-13-7-3-8-14-21)22-15-9-4-10-16-22/h2-17,19,27H,18H2,1H3. The van der Waals surface area contributed by atoms with Crippen molar-refractivity contribution in [1.29, 1.82) is 0 Å². The predicted molar refractivity (Wildman–Crippen MR) is 121 cm³/mol. The van der Waals surface area contributed by atoms with Crippen LogP contribution < -0.4 is 9.46 Å². The van der Waals surface area contributed by atoms with Gasteiger partial charge in [0, 0.05) is 0 Å². The molecule has 5 nitrogen and oxygen atoms in total. The van der Waals surface area contributed by atoms with Crippen molar-refractivity contribution in [2.24, 2.45) is 0 Å². The molecule has 5 rings (SSSR count). The minimum atomic E-state index is -1.58. The summed E-state index contributed by atoms with van der Waals surface area (Å²) in [4.78, 5) is 0.552. The molecule has 0 amide bonds. The Kier molecular flexibility index (Phi) is 5.28. The van der Waals surface area contributed by atoms with Gasteiger partial charge < -0.3 is 9.29 Å². The van der Waals surface area contributed by atoms with Crippen molar-refractivity contribution < 1.29 is 9.29 Å². The molecule has 6 heteroatoms. The fourth-order valence-corrected chi connectivity index (χ4v) is 5.34. The molecule has 1 N–H and O–H groups in total. The van der Waals surface area contributed by atoms with Crippen LogP contribution in [0.3, 0.4) is 0 Å². The van der Waals surface area contributed by atoms with Gasteiger partial charge in [0.25, 0.3) is 10.8 Å². The summed E-state index contributed by atoms with van der Waals surface area (Å²) < 4.78 is 24.9. The molecule has 0 spiro atoms. The number of aromatic nitrogens is 2. The summed E-state index contributed by atoms with van der Waals surface area (Å²) in [6, 6.07) is 30.3. The van der Waals surface area contributed by atoms with Crippen LogP contribution in [0.5, 0.6) is 5.88 Å². The number of nitrogens with one attached hydrogen (secondary N) is 1. The molecule has 1 aliphatic rings. The van der Waals surface area contributed by atoms with E-state index in [0.717, 1.165) is 16.7 Å². The highest BCUT2D eigenvalue weighted by molar-refractivity contribution is 7.89. The summed E-state index contributed by atoms with van der Waals surface area (Å²) >= 11 is -1.58. The lowest BCUT2D eigenvalue weighted by Gasteiger charge is -2.35. The van der Waals surface area contributed by atoms with Crippen molar-refractivity contribution in [2.75, 3.05) is 0 Å². The number of fused-ring (bicyclic) bond motifs is 1. The first kappa shape index (κ1) is 19.9. The first-order valence-corrected chi connectivity index (χ1v) is 11.4. The Balaban J connectivity index is 1.67. The van der Waals surface area contributed by atoms with Gasteiger partial charge in [-0.3, -0.25) is 0 Å². The van der Waals surface area contributed by atoms with Crippen LogP contribution in [-0.4, -0.2) is 20.4 Å². The Morgan fingerprint density at radius 3 is 1.87 bits per heavy atom. The summed E-state index contributed by atoms with van der Waals surface area (Å²) in [5.41, 5.74) is 2.17. The Bertz CT molecular complexity index is 1050. The Morgan fingerprint density at radius 2 is 1.39 bits per heavy atom. The number of ether oxygens (including phenoxy) is 1. The molecular weight excluding hydrogens is 406 g/mol. The van der Waals surface area contributed by atoms with Crippen LogP contribution in [0.1, 0.15) is 23.6 Å². The van der Waals surface area contributed by atoms with E-state index in [-0.39, 0.29) is 6.10 Å². The highest BCUT2D eigenvalue weighted by atomic mass is 32.2. The van der Waals surface area contributed by atoms with Crippen LogP contribution in [0, 0.1) is 0 Å². The van der Waals surface area contributed by atoms with Gasteiger partial charge in [0.2, 0.25) is 0 Å². The fourth-order valence-electron chi connectivity index (χ4n) is 4.14. The van der Waals surface area contributed by atoms with Gasteiger partial charge in [-0.2, -0.15) is 5.10 Å². The molecule has 0 radical (unpaired) electrons. The summed E-state index contributed by atoms with van der Waals surface area (Å²) in [6.45, 7) is 2.64. The summed E-state index contributed by atoms with van der Waals surface area (Å²) in [6.07, 6.45) is 1.65. The summed E-state index contributed by atoms with van der Waals surface area (Å²) in [5.74, 6) is 0.571. The minimum absolute atomic E-state index is 0.0153. The summed E-state index contributed by atoms with van der Waals surface area (Å²) in [5, 5.41) is 4.38. The van der Waals surface area contributed by atoms with E-state index in [9.17, 15) is 4.55 Å². The number of hydrogen-bond donors (Lipinski definition) is 1. The molecule has 31 heavy (non-hydrogen) atoms. The van der Waals surface area contributed by atoms with Crippen molar-refractivity contribution in [3.63, 3.8) is 0 Å². The average Bonchev–Trinajstić information content (AvgIpc) is 3.38. The first-order valence-electron chi connectivity index (χ1n) is 10.3. The molecule has 0 saturated heterocycles. The van der Waals surface area contributed by atoms with Gasteiger partial charge in [-0.25, -0.2) is 4.68 Å². The predicted octanol–water partition coefficient (Wildman–Crippen LogP) is 4.27. The van der Waals surface area contributed by atoms with Crippen LogP contribution >= 0.6 is 0 Å². The van der Waals surface area contributed by atoms with E-state index >= 15 is 0 Å². The lowest BCUT2D eigenvalue weighted by molar-refractivity contribution is 0.248. The van der Waals surface area contributed by atoms with Crippen molar-refractivity contribution in [3.05, 3.63) is 114 Å². The van der Waals surface area contributed by atoms with Gasteiger partial charge in [-0.05, 0) is 23.6 Å². The van der Waals surface area contributed by atoms with Gasteiger partial charge in [0.05, 0.1) is 17.9 Å². The van der Waals surface area contributed by atoms with E-state index in [1.54, 1.807) is 10.9 Å². The van der Waals surface area contributed by atoms with E-state index in [0.29, 0.717) is 17.3 Å².